The van der Waals surface area contributed by atoms with Crippen LogP contribution in [0.3, 0.4) is 0 Å². The normalized spacial score (nSPS) is 12.8. The Bertz CT molecular complexity index is 3760. The maximum atomic E-state index is 6.16. The molecule has 0 N–H and O–H groups in total. The van der Waals surface area contributed by atoms with E-state index >= 15 is 0 Å². The molecule has 12 aromatic rings. The number of benzene rings is 10. The van der Waals surface area contributed by atoms with Crippen LogP contribution in [0.4, 0.5) is 17.1 Å². The molecular formula is C63H44N2O. The van der Waals surface area contributed by atoms with Crippen molar-refractivity contribution in [2.24, 2.45) is 0 Å². The fourth-order valence-electron chi connectivity index (χ4n) is 10.6. The second kappa shape index (κ2) is 14.8. The van der Waals surface area contributed by atoms with Gasteiger partial charge in [0, 0.05) is 49.7 Å². The number of fused-ring (bicyclic) bond motifs is 9. The molecule has 2 heterocycles. The van der Waals surface area contributed by atoms with Gasteiger partial charge in [-0.1, -0.05) is 159 Å². The third-order valence-corrected chi connectivity index (χ3v) is 14.0. The smallest absolute Gasteiger partial charge is 0.135 e. The van der Waals surface area contributed by atoms with Gasteiger partial charge in [-0.05, 0) is 141 Å². The maximum absolute atomic E-state index is 6.16. The lowest BCUT2D eigenvalue weighted by Gasteiger charge is -2.28. The van der Waals surface area contributed by atoms with E-state index < -0.39 is 0 Å². The van der Waals surface area contributed by atoms with E-state index in [1.165, 1.54) is 66.3 Å². The van der Waals surface area contributed by atoms with E-state index in [0.717, 1.165) is 55.8 Å². The number of para-hydroxylation sites is 3. The first-order valence-electron chi connectivity index (χ1n) is 22.8. The zero-order valence-electron chi connectivity index (χ0n) is 36.7. The minimum Gasteiger partial charge on any atom is -0.456 e. The second-order valence-corrected chi connectivity index (χ2v) is 18.1. The van der Waals surface area contributed by atoms with Crippen molar-refractivity contribution in [2.75, 3.05) is 4.90 Å². The fourth-order valence-corrected chi connectivity index (χ4v) is 10.6. The first-order chi connectivity index (χ1) is 32.5. The molecule has 10 aromatic carbocycles. The number of furan rings is 1. The molecule has 13 rings (SSSR count). The average Bonchev–Trinajstić information content (AvgIpc) is 3.99. The van der Waals surface area contributed by atoms with Crippen molar-refractivity contribution >= 4 is 60.8 Å². The molecule has 0 aliphatic heterocycles. The van der Waals surface area contributed by atoms with E-state index in [9.17, 15) is 0 Å². The number of hydrogen-bond donors (Lipinski definition) is 0. The van der Waals surface area contributed by atoms with Gasteiger partial charge in [0.25, 0.3) is 0 Å². The van der Waals surface area contributed by atoms with Gasteiger partial charge in [-0.25, -0.2) is 0 Å². The Labute approximate surface area is 384 Å². The molecule has 0 fully saturated rings. The average molecular weight is 845 g/mol. The van der Waals surface area contributed by atoms with Crippen molar-refractivity contribution in [3.8, 4) is 50.2 Å². The Morgan fingerprint density at radius 3 is 1.47 bits per heavy atom. The van der Waals surface area contributed by atoms with Crippen molar-refractivity contribution < 1.29 is 4.42 Å². The van der Waals surface area contributed by atoms with E-state index in [1.807, 2.05) is 12.1 Å². The Hall–Kier alpha value is -8.40. The summed E-state index contributed by atoms with van der Waals surface area (Å²) < 4.78 is 8.53. The molecule has 3 nitrogen and oxygen atoms in total. The topological polar surface area (TPSA) is 21.3 Å². The molecule has 0 saturated carbocycles. The molecule has 3 heteroatoms. The highest BCUT2D eigenvalue weighted by atomic mass is 16.3. The highest BCUT2D eigenvalue weighted by molar-refractivity contribution is 6.09. The molecule has 0 atom stereocenters. The summed E-state index contributed by atoms with van der Waals surface area (Å²) in [5.41, 5.74) is 21.0. The minimum atomic E-state index is -0.188. The van der Waals surface area contributed by atoms with Gasteiger partial charge in [-0.3, -0.25) is 0 Å². The zero-order valence-corrected chi connectivity index (χ0v) is 36.7. The first kappa shape index (κ1) is 38.1. The van der Waals surface area contributed by atoms with Crippen molar-refractivity contribution in [3.63, 3.8) is 0 Å². The second-order valence-electron chi connectivity index (χ2n) is 18.1. The third-order valence-electron chi connectivity index (χ3n) is 14.0. The molecule has 0 amide bonds. The Kier molecular flexibility index (Phi) is 8.56. The molecule has 1 aliphatic carbocycles. The van der Waals surface area contributed by atoms with Crippen molar-refractivity contribution in [3.05, 3.63) is 242 Å². The molecular weight excluding hydrogens is 801 g/mol. The van der Waals surface area contributed by atoms with E-state index in [2.05, 4.69) is 242 Å². The molecule has 66 heavy (non-hydrogen) atoms. The molecule has 2 aromatic heterocycles. The van der Waals surface area contributed by atoms with Crippen LogP contribution in [0.2, 0.25) is 0 Å². The quantitative estimate of drug-likeness (QED) is 0.159. The summed E-state index contributed by atoms with van der Waals surface area (Å²) in [4.78, 5) is 2.40. The van der Waals surface area contributed by atoms with Crippen molar-refractivity contribution in [1.29, 1.82) is 0 Å². The van der Waals surface area contributed by atoms with Gasteiger partial charge < -0.3 is 13.9 Å². The summed E-state index contributed by atoms with van der Waals surface area (Å²) in [5.74, 6) is 0. The Morgan fingerprint density at radius 1 is 0.348 bits per heavy atom. The van der Waals surface area contributed by atoms with Crippen LogP contribution in [-0.4, -0.2) is 4.57 Å². The monoisotopic (exact) mass is 844 g/mol. The van der Waals surface area contributed by atoms with Gasteiger partial charge in [0.1, 0.15) is 11.2 Å². The lowest BCUT2D eigenvalue weighted by Crippen LogP contribution is -2.16. The number of hydrogen-bond acceptors (Lipinski definition) is 2. The molecule has 312 valence electrons. The number of aromatic nitrogens is 1. The van der Waals surface area contributed by atoms with Gasteiger partial charge >= 0.3 is 0 Å². The summed E-state index contributed by atoms with van der Waals surface area (Å²) in [6.45, 7) is 4.74. The summed E-state index contributed by atoms with van der Waals surface area (Å²) in [7, 11) is 0. The molecule has 1 aliphatic rings. The summed E-state index contributed by atoms with van der Waals surface area (Å²) >= 11 is 0. The van der Waals surface area contributed by atoms with Crippen LogP contribution in [0.5, 0.6) is 0 Å². The van der Waals surface area contributed by atoms with Crippen LogP contribution in [0.15, 0.2) is 235 Å². The van der Waals surface area contributed by atoms with E-state index in [4.69, 9.17) is 4.42 Å². The molecule has 0 spiro atoms. The summed E-state index contributed by atoms with van der Waals surface area (Å²) in [6.07, 6.45) is 0. The van der Waals surface area contributed by atoms with Crippen LogP contribution in [0, 0.1) is 0 Å². The molecule has 0 unspecified atom stereocenters. The van der Waals surface area contributed by atoms with Crippen LogP contribution in [-0.2, 0) is 5.41 Å². The molecule has 0 radical (unpaired) electrons. The first-order valence-corrected chi connectivity index (χ1v) is 22.8. The Morgan fingerprint density at radius 2 is 0.803 bits per heavy atom. The van der Waals surface area contributed by atoms with Gasteiger partial charge in [0.05, 0.1) is 11.0 Å². The lowest BCUT2D eigenvalue weighted by atomic mass is 9.81. The Balaban J connectivity index is 0.877. The summed E-state index contributed by atoms with van der Waals surface area (Å²) in [5, 5.41) is 4.81. The number of rotatable bonds is 7. The zero-order chi connectivity index (χ0) is 43.9. The van der Waals surface area contributed by atoms with Gasteiger partial charge in [-0.15, -0.1) is 0 Å². The maximum Gasteiger partial charge on any atom is 0.135 e. The molecule has 0 saturated heterocycles. The lowest BCUT2D eigenvalue weighted by molar-refractivity contribution is 0.660. The predicted octanol–water partition coefficient (Wildman–Crippen LogP) is 17.5. The van der Waals surface area contributed by atoms with Gasteiger partial charge in [-0.2, -0.15) is 0 Å². The fraction of sp³-hybridized carbons (Fsp3) is 0.0476. The van der Waals surface area contributed by atoms with E-state index in [1.54, 1.807) is 0 Å². The molecule has 0 bridgehead atoms. The van der Waals surface area contributed by atoms with E-state index in [0.29, 0.717) is 0 Å². The largest absolute Gasteiger partial charge is 0.456 e. The highest BCUT2D eigenvalue weighted by Crippen LogP contribution is 2.52. The highest BCUT2D eigenvalue weighted by Gasteiger charge is 2.36. The van der Waals surface area contributed by atoms with Crippen molar-refractivity contribution in [2.45, 2.75) is 19.3 Å². The predicted molar refractivity (Wildman–Crippen MR) is 277 cm³/mol. The van der Waals surface area contributed by atoms with Crippen molar-refractivity contribution in [1.82, 2.24) is 4.57 Å². The minimum absolute atomic E-state index is 0.188. The standard InChI is InChI=1S/C63H44N2O/c1-63(2)57-39-46(41-12-4-3-5-13-41)26-35-51(57)52-36-34-50(40-58(52)63)64(48-30-24-44(25-31-48)45-27-37-62-56(38-45)55-16-8-11-19-61(55)66-62)47-28-20-42(21-29-47)43-22-32-49(33-23-43)65-59-17-9-6-14-53(59)54-15-7-10-18-60(54)65/h3-40H,1-2H3. The van der Waals surface area contributed by atoms with Crippen LogP contribution in [0.1, 0.15) is 25.0 Å². The van der Waals surface area contributed by atoms with Gasteiger partial charge in [0.2, 0.25) is 0 Å². The van der Waals surface area contributed by atoms with Crippen LogP contribution >= 0.6 is 0 Å². The number of nitrogens with zero attached hydrogens (tertiary/aromatic N) is 2. The number of anilines is 3. The van der Waals surface area contributed by atoms with Gasteiger partial charge in [0.15, 0.2) is 0 Å². The van der Waals surface area contributed by atoms with Crippen LogP contribution in [0.25, 0.3) is 93.9 Å². The van der Waals surface area contributed by atoms with E-state index in [-0.39, 0.29) is 5.41 Å². The van der Waals surface area contributed by atoms with Crippen LogP contribution < -0.4 is 4.90 Å². The summed E-state index contributed by atoms with van der Waals surface area (Å²) in [6, 6.07) is 83.9. The SMILES string of the molecule is CC1(C)c2cc(-c3ccccc3)ccc2-c2ccc(N(c3ccc(-c4ccc(-n5c6ccccc6c6ccccc65)cc4)cc3)c3ccc(-c4ccc5oc6ccccc6c5c4)cc3)cc21. The third kappa shape index (κ3) is 6.04.